The van der Waals surface area contributed by atoms with Crippen molar-refractivity contribution in [3.63, 3.8) is 0 Å². The second-order valence-corrected chi connectivity index (χ2v) is 3.71. The molecule has 0 aromatic rings. The van der Waals surface area contributed by atoms with Gasteiger partial charge in [0.05, 0.1) is 6.04 Å². The molecule has 0 aromatic carbocycles. The van der Waals surface area contributed by atoms with Crippen LogP contribution in [0.5, 0.6) is 0 Å². The molecule has 0 radical (unpaired) electrons. The van der Waals surface area contributed by atoms with Gasteiger partial charge in [-0.1, -0.05) is 0 Å². The van der Waals surface area contributed by atoms with E-state index >= 15 is 0 Å². The Bertz CT molecular complexity index is 166. The van der Waals surface area contributed by atoms with E-state index in [9.17, 15) is 4.79 Å². The van der Waals surface area contributed by atoms with Gasteiger partial charge in [-0.25, -0.2) is 0 Å². The molecule has 0 unspecified atom stereocenters. The van der Waals surface area contributed by atoms with Gasteiger partial charge >= 0.3 is 0 Å². The SMILES string of the molecule is CC(C)N1CC(NC(=O)CCl)C1. The van der Waals surface area contributed by atoms with Crippen LogP contribution in [0, 0.1) is 0 Å². The van der Waals surface area contributed by atoms with Crippen molar-refractivity contribution in [2.24, 2.45) is 0 Å². The fourth-order valence-corrected chi connectivity index (χ4v) is 1.37. The maximum Gasteiger partial charge on any atom is 0.235 e. The molecular formula is C8H15ClN2O. The van der Waals surface area contributed by atoms with Gasteiger partial charge in [-0.3, -0.25) is 9.69 Å². The number of carbonyl (C=O) groups is 1. The zero-order valence-corrected chi connectivity index (χ0v) is 8.27. The molecule has 1 amide bonds. The van der Waals surface area contributed by atoms with Crippen LogP contribution in [0.4, 0.5) is 0 Å². The Hall–Kier alpha value is -0.280. The lowest BCUT2D eigenvalue weighted by Gasteiger charge is -2.42. The summed E-state index contributed by atoms with van der Waals surface area (Å²) in [6.07, 6.45) is 0. The first-order valence-corrected chi connectivity index (χ1v) is 4.76. The summed E-state index contributed by atoms with van der Waals surface area (Å²) in [5.41, 5.74) is 0. The van der Waals surface area contributed by atoms with Gasteiger partial charge in [-0.15, -0.1) is 11.6 Å². The van der Waals surface area contributed by atoms with Crippen LogP contribution in [0.3, 0.4) is 0 Å². The molecule has 0 spiro atoms. The highest BCUT2D eigenvalue weighted by molar-refractivity contribution is 6.27. The number of halogens is 1. The van der Waals surface area contributed by atoms with E-state index in [4.69, 9.17) is 11.6 Å². The number of carbonyl (C=O) groups excluding carboxylic acids is 1. The highest BCUT2D eigenvalue weighted by atomic mass is 35.5. The smallest absolute Gasteiger partial charge is 0.235 e. The topological polar surface area (TPSA) is 32.3 Å². The van der Waals surface area contributed by atoms with E-state index in [1.165, 1.54) is 0 Å². The number of amides is 1. The molecule has 12 heavy (non-hydrogen) atoms. The molecule has 1 N–H and O–H groups in total. The quantitative estimate of drug-likeness (QED) is 0.655. The van der Waals surface area contributed by atoms with E-state index in [2.05, 4.69) is 24.1 Å². The van der Waals surface area contributed by atoms with E-state index in [0.29, 0.717) is 12.1 Å². The lowest BCUT2D eigenvalue weighted by Crippen LogP contribution is -2.61. The Morgan fingerprint density at radius 3 is 2.67 bits per heavy atom. The molecule has 1 aliphatic rings. The van der Waals surface area contributed by atoms with Gasteiger partial charge < -0.3 is 5.32 Å². The maximum absolute atomic E-state index is 10.8. The van der Waals surface area contributed by atoms with Crippen LogP contribution < -0.4 is 5.32 Å². The molecule has 0 bridgehead atoms. The molecule has 0 saturated carbocycles. The molecule has 1 rings (SSSR count). The third kappa shape index (κ3) is 2.35. The molecule has 1 saturated heterocycles. The first-order chi connectivity index (χ1) is 5.63. The van der Waals surface area contributed by atoms with Crippen molar-refractivity contribution >= 4 is 17.5 Å². The zero-order valence-electron chi connectivity index (χ0n) is 7.51. The fraction of sp³-hybridized carbons (Fsp3) is 0.875. The summed E-state index contributed by atoms with van der Waals surface area (Å²) < 4.78 is 0. The summed E-state index contributed by atoms with van der Waals surface area (Å²) in [4.78, 5) is 13.1. The molecule has 1 fully saturated rings. The summed E-state index contributed by atoms with van der Waals surface area (Å²) in [6, 6.07) is 0.896. The zero-order chi connectivity index (χ0) is 9.14. The lowest BCUT2D eigenvalue weighted by molar-refractivity contribution is -0.120. The van der Waals surface area contributed by atoms with Gasteiger partial charge in [0.15, 0.2) is 0 Å². The molecule has 4 heteroatoms. The number of alkyl halides is 1. The summed E-state index contributed by atoms with van der Waals surface area (Å²) in [5, 5.41) is 2.84. The molecule has 0 atom stereocenters. The molecule has 3 nitrogen and oxygen atoms in total. The minimum atomic E-state index is -0.0647. The van der Waals surface area contributed by atoms with Crippen LogP contribution in [0.25, 0.3) is 0 Å². The van der Waals surface area contributed by atoms with Crippen LogP contribution in [0.2, 0.25) is 0 Å². The maximum atomic E-state index is 10.8. The average molecular weight is 191 g/mol. The third-order valence-corrected chi connectivity index (χ3v) is 2.37. The van der Waals surface area contributed by atoms with Crippen molar-refractivity contribution < 1.29 is 4.79 Å². The molecule has 70 valence electrons. The Labute approximate surface area is 78.1 Å². The van der Waals surface area contributed by atoms with Crippen molar-refractivity contribution in [1.29, 1.82) is 0 Å². The lowest BCUT2D eigenvalue weighted by atomic mass is 10.1. The average Bonchev–Trinajstić information content (AvgIpc) is 1.94. The van der Waals surface area contributed by atoms with Gasteiger partial charge in [0.2, 0.25) is 5.91 Å². The standard InChI is InChI=1S/C8H15ClN2O/c1-6(2)11-4-7(5-11)10-8(12)3-9/h6-7H,3-5H2,1-2H3,(H,10,12). The molecule has 1 heterocycles. The van der Waals surface area contributed by atoms with Crippen LogP contribution in [0.15, 0.2) is 0 Å². The second-order valence-electron chi connectivity index (χ2n) is 3.45. The number of nitrogens with zero attached hydrogens (tertiary/aromatic N) is 1. The van der Waals surface area contributed by atoms with E-state index in [1.54, 1.807) is 0 Å². The predicted molar refractivity (Wildman–Crippen MR) is 49.4 cm³/mol. The van der Waals surface area contributed by atoms with Crippen molar-refractivity contribution in [3.8, 4) is 0 Å². The summed E-state index contributed by atoms with van der Waals surface area (Å²) in [7, 11) is 0. The van der Waals surface area contributed by atoms with E-state index in [1.807, 2.05) is 0 Å². The molecular weight excluding hydrogens is 176 g/mol. The van der Waals surface area contributed by atoms with E-state index in [0.717, 1.165) is 13.1 Å². The van der Waals surface area contributed by atoms with E-state index < -0.39 is 0 Å². The Balaban J connectivity index is 2.13. The predicted octanol–water partition coefficient (Wildman–Crippen LogP) is 0.434. The number of hydrogen-bond donors (Lipinski definition) is 1. The van der Waals surface area contributed by atoms with Crippen molar-refractivity contribution in [1.82, 2.24) is 10.2 Å². The molecule has 1 aliphatic heterocycles. The monoisotopic (exact) mass is 190 g/mol. The molecule has 0 aromatic heterocycles. The summed E-state index contributed by atoms with van der Waals surface area (Å²) >= 11 is 5.35. The molecule has 0 aliphatic carbocycles. The third-order valence-electron chi connectivity index (χ3n) is 2.13. The number of nitrogens with one attached hydrogen (secondary N) is 1. The minimum absolute atomic E-state index is 0.0647. The van der Waals surface area contributed by atoms with E-state index in [-0.39, 0.29) is 11.8 Å². The van der Waals surface area contributed by atoms with Crippen LogP contribution in [-0.4, -0.2) is 41.9 Å². The first kappa shape index (κ1) is 9.81. The Kier molecular flexibility index (Phi) is 3.35. The highest BCUT2D eigenvalue weighted by Gasteiger charge is 2.28. The van der Waals surface area contributed by atoms with Crippen molar-refractivity contribution in [2.75, 3.05) is 19.0 Å². The highest BCUT2D eigenvalue weighted by Crippen LogP contribution is 2.11. The Morgan fingerprint density at radius 1 is 1.67 bits per heavy atom. The van der Waals surface area contributed by atoms with Crippen LogP contribution >= 0.6 is 11.6 Å². The van der Waals surface area contributed by atoms with Crippen molar-refractivity contribution in [3.05, 3.63) is 0 Å². The van der Waals surface area contributed by atoms with Gasteiger partial charge in [0.1, 0.15) is 5.88 Å². The minimum Gasteiger partial charge on any atom is -0.350 e. The summed E-state index contributed by atoms with van der Waals surface area (Å²) in [5.74, 6) is 0.00289. The number of rotatable bonds is 3. The number of likely N-dealkylation sites (tertiary alicyclic amines) is 1. The van der Waals surface area contributed by atoms with Gasteiger partial charge in [-0.05, 0) is 13.8 Å². The van der Waals surface area contributed by atoms with Crippen LogP contribution in [0.1, 0.15) is 13.8 Å². The first-order valence-electron chi connectivity index (χ1n) is 4.23. The van der Waals surface area contributed by atoms with Gasteiger partial charge in [-0.2, -0.15) is 0 Å². The number of hydrogen-bond acceptors (Lipinski definition) is 2. The largest absolute Gasteiger partial charge is 0.350 e. The van der Waals surface area contributed by atoms with Gasteiger partial charge in [0.25, 0.3) is 0 Å². The fourth-order valence-electron chi connectivity index (χ4n) is 1.29. The second kappa shape index (κ2) is 4.10. The van der Waals surface area contributed by atoms with Crippen molar-refractivity contribution in [2.45, 2.75) is 25.9 Å². The normalized spacial score (nSPS) is 19.3. The van der Waals surface area contributed by atoms with Gasteiger partial charge in [0, 0.05) is 19.1 Å². The summed E-state index contributed by atoms with van der Waals surface area (Å²) in [6.45, 7) is 6.22. The Morgan fingerprint density at radius 2 is 2.25 bits per heavy atom. The van der Waals surface area contributed by atoms with Crippen LogP contribution in [-0.2, 0) is 4.79 Å².